The molecule has 2 aromatic rings. The molecule has 0 spiro atoms. The van der Waals surface area contributed by atoms with Crippen LogP contribution >= 0.6 is 0 Å². The lowest BCUT2D eigenvalue weighted by Crippen LogP contribution is -2.14. The number of nitrogens with two attached hydrogens (primary N) is 1. The summed E-state index contributed by atoms with van der Waals surface area (Å²) < 4.78 is 13.6. The van der Waals surface area contributed by atoms with Crippen LogP contribution in [0.2, 0.25) is 0 Å². The third-order valence-electron chi connectivity index (χ3n) is 2.48. The molecule has 2 rings (SSSR count). The molecule has 1 heterocycles. The third kappa shape index (κ3) is 1.77. The molecule has 1 atom stereocenters. The van der Waals surface area contributed by atoms with E-state index < -0.39 is 17.8 Å². The minimum atomic E-state index is -1.00. The molecule has 0 fully saturated rings. The molecular weight excluding hydrogens is 211 g/mol. The number of aliphatic carboxylic acids is 1. The second kappa shape index (κ2) is 3.94. The highest BCUT2D eigenvalue weighted by Crippen LogP contribution is 2.26. The van der Waals surface area contributed by atoms with E-state index in [9.17, 15) is 9.18 Å². The molecule has 1 aromatic carbocycles. The monoisotopic (exact) mass is 222 g/mol. The SMILES string of the molecule is NC(CC(=O)O)c1c[nH]c2cccc(F)c12. The number of carboxylic acid groups (broad SMARTS) is 1. The molecule has 16 heavy (non-hydrogen) atoms. The standard InChI is InChI=1S/C11H11FN2O2/c12-7-2-1-3-9-11(7)6(5-14-9)8(13)4-10(15)16/h1-3,5,8,14H,4,13H2,(H,15,16). The van der Waals surface area contributed by atoms with Gasteiger partial charge in [-0.25, -0.2) is 4.39 Å². The number of carbonyl (C=O) groups is 1. The van der Waals surface area contributed by atoms with E-state index in [-0.39, 0.29) is 6.42 Å². The molecule has 84 valence electrons. The molecule has 1 unspecified atom stereocenters. The molecule has 5 heteroatoms. The molecule has 4 N–H and O–H groups in total. The quantitative estimate of drug-likeness (QED) is 0.740. The second-order valence-corrected chi connectivity index (χ2v) is 3.61. The van der Waals surface area contributed by atoms with E-state index >= 15 is 0 Å². The van der Waals surface area contributed by atoms with Gasteiger partial charge in [0.2, 0.25) is 0 Å². The number of H-pyrrole nitrogens is 1. The highest BCUT2D eigenvalue weighted by molar-refractivity contribution is 5.84. The van der Waals surface area contributed by atoms with Crippen LogP contribution in [0.1, 0.15) is 18.0 Å². The van der Waals surface area contributed by atoms with Crippen molar-refractivity contribution in [2.24, 2.45) is 5.73 Å². The zero-order valence-electron chi connectivity index (χ0n) is 8.40. The summed E-state index contributed by atoms with van der Waals surface area (Å²) in [6, 6.07) is 3.92. The predicted molar refractivity (Wildman–Crippen MR) is 57.4 cm³/mol. The molecule has 0 aliphatic rings. The fourth-order valence-corrected chi connectivity index (χ4v) is 1.76. The summed E-state index contributed by atoms with van der Waals surface area (Å²) in [6.07, 6.45) is 1.34. The molecule has 0 bridgehead atoms. The number of hydrogen-bond acceptors (Lipinski definition) is 2. The van der Waals surface area contributed by atoms with E-state index in [0.29, 0.717) is 16.5 Å². The van der Waals surface area contributed by atoms with Gasteiger partial charge in [0.25, 0.3) is 0 Å². The van der Waals surface area contributed by atoms with Crippen molar-refractivity contribution >= 4 is 16.9 Å². The summed E-state index contributed by atoms with van der Waals surface area (Å²) in [7, 11) is 0. The van der Waals surface area contributed by atoms with Crippen molar-refractivity contribution in [2.75, 3.05) is 0 Å². The summed E-state index contributed by atoms with van der Waals surface area (Å²) >= 11 is 0. The van der Waals surface area contributed by atoms with Crippen LogP contribution in [0.25, 0.3) is 10.9 Å². The Hall–Kier alpha value is -1.88. The zero-order chi connectivity index (χ0) is 11.7. The van der Waals surface area contributed by atoms with Crippen LogP contribution in [0.15, 0.2) is 24.4 Å². The summed E-state index contributed by atoms with van der Waals surface area (Å²) in [6.45, 7) is 0. The second-order valence-electron chi connectivity index (χ2n) is 3.61. The normalized spacial score (nSPS) is 12.9. The van der Waals surface area contributed by atoms with Gasteiger partial charge in [-0.2, -0.15) is 0 Å². The van der Waals surface area contributed by atoms with Crippen molar-refractivity contribution in [3.8, 4) is 0 Å². The van der Waals surface area contributed by atoms with Gasteiger partial charge in [0, 0.05) is 23.1 Å². The first kappa shape index (κ1) is 10.6. The number of aromatic nitrogens is 1. The Morgan fingerprint density at radius 1 is 1.56 bits per heavy atom. The van der Waals surface area contributed by atoms with Crippen LogP contribution in [0.5, 0.6) is 0 Å². The molecule has 0 radical (unpaired) electrons. The molecule has 0 saturated heterocycles. The van der Waals surface area contributed by atoms with Crippen LogP contribution in [0, 0.1) is 5.82 Å². The Morgan fingerprint density at radius 2 is 2.31 bits per heavy atom. The van der Waals surface area contributed by atoms with E-state index in [0.717, 1.165) is 0 Å². The Morgan fingerprint density at radius 3 is 3.00 bits per heavy atom. The summed E-state index contributed by atoms with van der Waals surface area (Å²) in [5.41, 5.74) is 6.82. The number of nitrogens with one attached hydrogen (secondary N) is 1. The van der Waals surface area contributed by atoms with Gasteiger partial charge in [0.15, 0.2) is 0 Å². The average molecular weight is 222 g/mol. The van der Waals surface area contributed by atoms with E-state index in [1.54, 1.807) is 18.3 Å². The van der Waals surface area contributed by atoms with Gasteiger partial charge in [0.1, 0.15) is 5.82 Å². The van der Waals surface area contributed by atoms with Gasteiger partial charge < -0.3 is 15.8 Å². The molecule has 4 nitrogen and oxygen atoms in total. The lowest BCUT2D eigenvalue weighted by Gasteiger charge is -2.07. The number of carboxylic acids is 1. The molecule has 0 aliphatic heterocycles. The topological polar surface area (TPSA) is 79.1 Å². The van der Waals surface area contributed by atoms with Crippen LogP contribution in [-0.4, -0.2) is 16.1 Å². The van der Waals surface area contributed by atoms with Gasteiger partial charge in [-0.1, -0.05) is 6.07 Å². The van der Waals surface area contributed by atoms with Crippen LogP contribution in [-0.2, 0) is 4.79 Å². The van der Waals surface area contributed by atoms with Gasteiger partial charge in [-0.15, -0.1) is 0 Å². The van der Waals surface area contributed by atoms with Crippen LogP contribution in [0.3, 0.4) is 0 Å². The van der Waals surface area contributed by atoms with Gasteiger partial charge in [-0.05, 0) is 17.7 Å². The first-order chi connectivity index (χ1) is 7.59. The van der Waals surface area contributed by atoms with Crippen molar-refractivity contribution in [1.82, 2.24) is 4.98 Å². The number of halogens is 1. The minimum absolute atomic E-state index is 0.221. The van der Waals surface area contributed by atoms with Gasteiger partial charge in [-0.3, -0.25) is 4.79 Å². The van der Waals surface area contributed by atoms with E-state index in [4.69, 9.17) is 10.8 Å². The van der Waals surface area contributed by atoms with E-state index in [1.807, 2.05) is 0 Å². The van der Waals surface area contributed by atoms with Gasteiger partial charge >= 0.3 is 5.97 Å². The maximum absolute atomic E-state index is 13.6. The molecular formula is C11H11FN2O2. The van der Waals surface area contributed by atoms with Crippen molar-refractivity contribution in [3.05, 3.63) is 35.8 Å². The highest BCUT2D eigenvalue weighted by atomic mass is 19.1. The first-order valence-electron chi connectivity index (χ1n) is 4.82. The molecule has 0 saturated carbocycles. The number of benzene rings is 1. The molecule has 1 aromatic heterocycles. The van der Waals surface area contributed by atoms with E-state index in [1.165, 1.54) is 6.07 Å². The smallest absolute Gasteiger partial charge is 0.305 e. The third-order valence-corrected chi connectivity index (χ3v) is 2.48. The predicted octanol–water partition coefficient (Wildman–Crippen LogP) is 1.78. The summed E-state index contributed by atoms with van der Waals surface area (Å²) in [5, 5.41) is 9.01. The van der Waals surface area contributed by atoms with Gasteiger partial charge in [0.05, 0.1) is 6.42 Å². The maximum Gasteiger partial charge on any atom is 0.305 e. The Bertz CT molecular complexity index is 536. The van der Waals surface area contributed by atoms with Crippen molar-refractivity contribution in [1.29, 1.82) is 0 Å². The Balaban J connectivity index is 2.48. The summed E-state index contributed by atoms with van der Waals surface area (Å²) in [5.74, 6) is -1.40. The fraction of sp³-hybridized carbons (Fsp3) is 0.182. The minimum Gasteiger partial charge on any atom is -0.481 e. The number of fused-ring (bicyclic) bond motifs is 1. The molecule has 0 amide bonds. The Labute approximate surface area is 90.9 Å². The van der Waals surface area contributed by atoms with Crippen molar-refractivity contribution in [3.63, 3.8) is 0 Å². The number of aromatic amines is 1. The fourth-order valence-electron chi connectivity index (χ4n) is 1.76. The number of hydrogen-bond donors (Lipinski definition) is 3. The summed E-state index contributed by atoms with van der Waals surface area (Å²) in [4.78, 5) is 13.4. The lowest BCUT2D eigenvalue weighted by molar-refractivity contribution is -0.137. The number of rotatable bonds is 3. The van der Waals surface area contributed by atoms with Crippen LogP contribution < -0.4 is 5.73 Å². The maximum atomic E-state index is 13.6. The van der Waals surface area contributed by atoms with Crippen molar-refractivity contribution in [2.45, 2.75) is 12.5 Å². The first-order valence-corrected chi connectivity index (χ1v) is 4.82. The van der Waals surface area contributed by atoms with E-state index in [2.05, 4.69) is 4.98 Å². The highest BCUT2D eigenvalue weighted by Gasteiger charge is 2.16. The largest absolute Gasteiger partial charge is 0.481 e. The average Bonchev–Trinajstić information content (AvgIpc) is 2.61. The lowest BCUT2D eigenvalue weighted by atomic mass is 10.0. The molecule has 0 aliphatic carbocycles. The van der Waals surface area contributed by atoms with Crippen molar-refractivity contribution < 1.29 is 14.3 Å². The zero-order valence-corrected chi connectivity index (χ0v) is 8.40. The Kier molecular flexibility index (Phi) is 2.62. The van der Waals surface area contributed by atoms with Crippen LogP contribution in [0.4, 0.5) is 4.39 Å².